The highest BCUT2D eigenvalue weighted by Gasteiger charge is 2.30. The molecule has 1 aliphatic carbocycles. The van der Waals surface area contributed by atoms with Gasteiger partial charge in [0.2, 0.25) is 0 Å². The molecule has 2 atom stereocenters. The van der Waals surface area contributed by atoms with E-state index in [4.69, 9.17) is 9.47 Å². The third kappa shape index (κ3) is 4.29. The standard InChI is InChI=1S/C22H31NO3/c24-22(23-11-8-17-4-3-5-18(14-17)15-23)21-7-2-1-6-19(21)16-26-20-9-12-25-13-10-20/h1-2,6-7,17-18,20H,3-5,8-16H2. The summed E-state index contributed by atoms with van der Waals surface area (Å²) in [7, 11) is 0. The monoisotopic (exact) mass is 357 g/mol. The molecule has 2 heterocycles. The Morgan fingerprint density at radius 1 is 1.08 bits per heavy atom. The van der Waals surface area contributed by atoms with Crippen LogP contribution in [0.15, 0.2) is 24.3 Å². The number of carbonyl (C=O) groups excluding carboxylic acids is 1. The Balaban J connectivity index is 1.43. The molecule has 2 bridgehead atoms. The normalized spacial score (nSPS) is 27.2. The third-order valence-corrected chi connectivity index (χ3v) is 6.36. The average molecular weight is 357 g/mol. The second-order valence-electron chi connectivity index (χ2n) is 8.22. The van der Waals surface area contributed by atoms with E-state index in [1.54, 1.807) is 0 Å². The zero-order valence-corrected chi connectivity index (χ0v) is 15.7. The van der Waals surface area contributed by atoms with E-state index in [9.17, 15) is 4.79 Å². The summed E-state index contributed by atoms with van der Waals surface area (Å²) in [6.45, 7) is 3.93. The fraction of sp³-hybridized carbons (Fsp3) is 0.682. The van der Waals surface area contributed by atoms with Crippen LogP contribution < -0.4 is 0 Å². The second kappa shape index (κ2) is 8.53. The van der Waals surface area contributed by atoms with E-state index in [0.717, 1.165) is 56.2 Å². The van der Waals surface area contributed by atoms with Crippen molar-refractivity contribution in [2.75, 3.05) is 26.3 Å². The van der Waals surface area contributed by atoms with E-state index < -0.39 is 0 Å². The van der Waals surface area contributed by atoms with E-state index in [1.807, 2.05) is 24.3 Å². The minimum Gasteiger partial charge on any atom is -0.381 e. The Kier molecular flexibility index (Phi) is 5.91. The second-order valence-corrected chi connectivity index (χ2v) is 8.22. The predicted octanol–water partition coefficient (Wildman–Crippen LogP) is 4.03. The number of carbonyl (C=O) groups is 1. The molecule has 2 aliphatic heterocycles. The lowest BCUT2D eigenvalue weighted by Gasteiger charge is -2.27. The van der Waals surface area contributed by atoms with Crippen LogP contribution in [0.4, 0.5) is 0 Å². The lowest BCUT2D eigenvalue weighted by molar-refractivity contribution is -0.0392. The molecule has 3 aliphatic rings. The first-order valence-electron chi connectivity index (χ1n) is 10.4. The lowest BCUT2D eigenvalue weighted by atomic mass is 9.81. The Hall–Kier alpha value is -1.39. The van der Waals surface area contributed by atoms with Crippen molar-refractivity contribution in [1.82, 2.24) is 4.90 Å². The van der Waals surface area contributed by atoms with Gasteiger partial charge in [-0.05, 0) is 55.6 Å². The molecule has 4 rings (SSSR count). The van der Waals surface area contributed by atoms with Gasteiger partial charge < -0.3 is 14.4 Å². The van der Waals surface area contributed by atoms with Crippen LogP contribution in [-0.2, 0) is 16.1 Å². The molecular formula is C22H31NO3. The Morgan fingerprint density at radius 2 is 1.88 bits per heavy atom. The van der Waals surface area contributed by atoms with Gasteiger partial charge in [0, 0.05) is 31.9 Å². The van der Waals surface area contributed by atoms with Crippen molar-refractivity contribution < 1.29 is 14.3 Å². The maximum atomic E-state index is 13.3. The molecule has 0 spiro atoms. The summed E-state index contributed by atoms with van der Waals surface area (Å²) in [6.07, 6.45) is 8.62. The number of hydrogen-bond acceptors (Lipinski definition) is 3. The maximum Gasteiger partial charge on any atom is 0.254 e. The average Bonchev–Trinajstić information content (AvgIpc) is 2.84. The molecule has 4 heteroatoms. The lowest BCUT2D eigenvalue weighted by Crippen LogP contribution is -2.35. The Bertz CT molecular complexity index is 611. The van der Waals surface area contributed by atoms with Gasteiger partial charge in [0.05, 0.1) is 12.7 Å². The van der Waals surface area contributed by atoms with Gasteiger partial charge in [-0.1, -0.05) is 31.0 Å². The molecule has 2 saturated heterocycles. The quantitative estimate of drug-likeness (QED) is 0.816. The fourth-order valence-electron chi connectivity index (χ4n) is 4.83. The SMILES string of the molecule is O=C(c1ccccc1COC1CCOCC1)N1CCC2CCCC(C2)C1. The van der Waals surface area contributed by atoms with Gasteiger partial charge in [-0.3, -0.25) is 4.79 Å². The number of amides is 1. The van der Waals surface area contributed by atoms with Crippen LogP contribution in [0.5, 0.6) is 0 Å². The highest BCUT2D eigenvalue weighted by atomic mass is 16.5. The van der Waals surface area contributed by atoms with Crippen molar-refractivity contribution in [1.29, 1.82) is 0 Å². The van der Waals surface area contributed by atoms with E-state index in [1.165, 1.54) is 32.1 Å². The van der Waals surface area contributed by atoms with Gasteiger partial charge >= 0.3 is 0 Å². The molecule has 1 aromatic carbocycles. The third-order valence-electron chi connectivity index (χ3n) is 6.36. The van der Waals surface area contributed by atoms with Crippen LogP contribution in [0, 0.1) is 11.8 Å². The molecule has 1 aromatic rings. The predicted molar refractivity (Wildman–Crippen MR) is 101 cm³/mol. The number of rotatable bonds is 4. The number of benzene rings is 1. The summed E-state index contributed by atoms with van der Waals surface area (Å²) in [5.41, 5.74) is 1.85. The molecular weight excluding hydrogens is 326 g/mol. The zero-order valence-electron chi connectivity index (χ0n) is 15.7. The molecule has 4 nitrogen and oxygen atoms in total. The van der Waals surface area contributed by atoms with E-state index in [0.29, 0.717) is 12.5 Å². The van der Waals surface area contributed by atoms with Crippen molar-refractivity contribution in [2.45, 2.75) is 57.7 Å². The van der Waals surface area contributed by atoms with E-state index in [-0.39, 0.29) is 12.0 Å². The minimum absolute atomic E-state index is 0.198. The highest BCUT2D eigenvalue weighted by Crippen LogP contribution is 2.35. The van der Waals surface area contributed by atoms with Crippen LogP contribution in [-0.4, -0.2) is 43.2 Å². The van der Waals surface area contributed by atoms with Crippen LogP contribution in [0.25, 0.3) is 0 Å². The van der Waals surface area contributed by atoms with Gasteiger partial charge in [-0.2, -0.15) is 0 Å². The number of nitrogens with zero attached hydrogens (tertiary/aromatic N) is 1. The summed E-state index contributed by atoms with van der Waals surface area (Å²) >= 11 is 0. The summed E-state index contributed by atoms with van der Waals surface area (Å²) in [5.74, 6) is 1.73. The molecule has 0 aromatic heterocycles. The van der Waals surface area contributed by atoms with Crippen LogP contribution in [0.3, 0.4) is 0 Å². The highest BCUT2D eigenvalue weighted by molar-refractivity contribution is 5.95. The van der Waals surface area contributed by atoms with Crippen LogP contribution in [0.1, 0.15) is 60.9 Å². The first-order valence-corrected chi connectivity index (χ1v) is 10.4. The molecule has 3 fully saturated rings. The van der Waals surface area contributed by atoms with Crippen molar-refractivity contribution in [3.63, 3.8) is 0 Å². The van der Waals surface area contributed by atoms with Crippen LogP contribution in [0.2, 0.25) is 0 Å². The van der Waals surface area contributed by atoms with Crippen molar-refractivity contribution >= 4 is 5.91 Å². The van der Waals surface area contributed by atoms with Gasteiger partial charge in [-0.25, -0.2) is 0 Å². The number of likely N-dealkylation sites (tertiary alicyclic amines) is 1. The van der Waals surface area contributed by atoms with Gasteiger partial charge in [0.15, 0.2) is 0 Å². The summed E-state index contributed by atoms with van der Waals surface area (Å²) in [6, 6.07) is 8.00. The van der Waals surface area contributed by atoms with Crippen molar-refractivity contribution in [2.24, 2.45) is 11.8 Å². The molecule has 142 valence electrons. The zero-order chi connectivity index (χ0) is 17.8. The van der Waals surface area contributed by atoms with E-state index in [2.05, 4.69) is 4.90 Å². The number of hydrogen-bond donors (Lipinski definition) is 0. The molecule has 1 saturated carbocycles. The minimum atomic E-state index is 0.198. The van der Waals surface area contributed by atoms with Gasteiger partial charge in [0.25, 0.3) is 5.91 Å². The number of fused-ring (bicyclic) bond motifs is 2. The molecule has 0 radical (unpaired) electrons. The van der Waals surface area contributed by atoms with E-state index >= 15 is 0 Å². The van der Waals surface area contributed by atoms with Crippen LogP contribution >= 0.6 is 0 Å². The molecule has 2 unspecified atom stereocenters. The van der Waals surface area contributed by atoms with Gasteiger partial charge in [0.1, 0.15) is 0 Å². The smallest absolute Gasteiger partial charge is 0.254 e. The number of ether oxygens (including phenoxy) is 2. The Morgan fingerprint density at radius 3 is 2.77 bits per heavy atom. The fourth-order valence-corrected chi connectivity index (χ4v) is 4.83. The summed E-state index contributed by atoms with van der Waals surface area (Å²) in [4.78, 5) is 15.4. The van der Waals surface area contributed by atoms with Crippen molar-refractivity contribution in [3.05, 3.63) is 35.4 Å². The largest absolute Gasteiger partial charge is 0.381 e. The first kappa shape index (κ1) is 18.0. The Labute approximate surface area is 156 Å². The topological polar surface area (TPSA) is 38.8 Å². The summed E-state index contributed by atoms with van der Waals surface area (Å²) < 4.78 is 11.5. The molecule has 0 N–H and O–H groups in total. The maximum absolute atomic E-state index is 13.3. The first-order chi connectivity index (χ1) is 12.8. The summed E-state index contributed by atoms with van der Waals surface area (Å²) in [5, 5.41) is 0. The van der Waals surface area contributed by atoms with Crippen molar-refractivity contribution in [3.8, 4) is 0 Å². The van der Waals surface area contributed by atoms with Gasteiger partial charge in [-0.15, -0.1) is 0 Å². The molecule has 1 amide bonds. The molecule has 26 heavy (non-hydrogen) atoms.